The summed E-state index contributed by atoms with van der Waals surface area (Å²) >= 11 is 0. The molecule has 3 heteroatoms. The Labute approximate surface area is 75.8 Å². The van der Waals surface area contributed by atoms with E-state index in [1.54, 1.807) is 0 Å². The summed E-state index contributed by atoms with van der Waals surface area (Å²) in [6.07, 6.45) is 1.12. The highest BCUT2D eigenvalue weighted by molar-refractivity contribution is 4.75. The van der Waals surface area contributed by atoms with Gasteiger partial charge < -0.3 is 15.3 Å². The van der Waals surface area contributed by atoms with Gasteiger partial charge in [-0.3, -0.25) is 0 Å². The van der Waals surface area contributed by atoms with Gasteiger partial charge >= 0.3 is 0 Å². The maximum Gasteiger partial charge on any atom is 0.0607 e. The van der Waals surface area contributed by atoms with Crippen molar-refractivity contribution in [1.82, 2.24) is 10.2 Å². The third-order valence-corrected chi connectivity index (χ3v) is 1.78. The average molecular weight is 174 g/mol. The van der Waals surface area contributed by atoms with Crippen molar-refractivity contribution in [3.05, 3.63) is 0 Å². The number of aliphatic hydroxyl groups is 1. The van der Waals surface area contributed by atoms with Gasteiger partial charge in [-0.25, -0.2) is 0 Å². The zero-order chi connectivity index (χ0) is 9.61. The Morgan fingerprint density at radius 1 is 1.33 bits per heavy atom. The van der Waals surface area contributed by atoms with E-state index in [0.29, 0.717) is 0 Å². The molecule has 0 saturated carbocycles. The Kier molecular flexibility index (Phi) is 5.46. The van der Waals surface area contributed by atoms with E-state index in [-0.39, 0.29) is 12.1 Å². The number of aliphatic hydroxyl groups excluding tert-OH is 1. The molecule has 3 nitrogen and oxygen atoms in total. The Bertz CT molecular complexity index is 113. The fraction of sp³-hybridized carbons (Fsp3) is 1.00. The summed E-state index contributed by atoms with van der Waals surface area (Å²) in [5.41, 5.74) is -0.133. The molecule has 0 rings (SSSR count). The lowest BCUT2D eigenvalue weighted by Crippen LogP contribution is -2.43. The van der Waals surface area contributed by atoms with E-state index in [9.17, 15) is 0 Å². The Morgan fingerprint density at radius 3 is 2.33 bits per heavy atom. The van der Waals surface area contributed by atoms with E-state index in [2.05, 4.69) is 24.3 Å². The lowest BCUT2D eigenvalue weighted by Gasteiger charge is -2.23. The van der Waals surface area contributed by atoms with Crippen molar-refractivity contribution >= 4 is 0 Å². The lowest BCUT2D eigenvalue weighted by molar-refractivity contribution is 0.187. The molecular formula is C9H22N2O. The van der Waals surface area contributed by atoms with Crippen LogP contribution in [0.25, 0.3) is 0 Å². The molecule has 0 aromatic carbocycles. The SMILES string of the molecule is CN(C)CCCNC(C)(C)CO. The van der Waals surface area contributed by atoms with Crippen LogP contribution in [0.5, 0.6) is 0 Å². The van der Waals surface area contributed by atoms with E-state index >= 15 is 0 Å². The van der Waals surface area contributed by atoms with Gasteiger partial charge in [0, 0.05) is 5.54 Å². The number of hydrogen-bond donors (Lipinski definition) is 2. The Hall–Kier alpha value is -0.120. The van der Waals surface area contributed by atoms with Gasteiger partial charge in [0.2, 0.25) is 0 Å². The smallest absolute Gasteiger partial charge is 0.0607 e. The summed E-state index contributed by atoms with van der Waals surface area (Å²) in [6, 6.07) is 0. The molecule has 0 saturated heterocycles. The van der Waals surface area contributed by atoms with Crippen molar-refractivity contribution in [3.63, 3.8) is 0 Å². The quantitative estimate of drug-likeness (QED) is 0.568. The van der Waals surface area contributed by atoms with E-state index in [0.717, 1.165) is 19.5 Å². The highest BCUT2D eigenvalue weighted by Crippen LogP contribution is 1.98. The van der Waals surface area contributed by atoms with Crippen molar-refractivity contribution < 1.29 is 5.11 Å². The van der Waals surface area contributed by atoms with Crippen LogP contribution in [0.4, 0.5) is 0 Å². The predicted molar refractivity (Wildman–Crippen MR) is 52.3 cm³/mol. The summed E-state index contributed by atoms with van der Waals surface area (Å²) in [5, 5.41) is 12.2. The molecule has 0 aromatic heterocycles. The molecule has 0 bridgehead atoms. The summed E-state index contributed by atoms with van der Waals surface area (Å²) in [5.74, 6) is 0. The van der Waals surface area contributed by atoms with Crippen LogP contribution >= 0.6 is 0 Å². The molecule has 0 heterocycles. The zero-order valence-corrected chi connectivity index (χ0v) is 8.72. The minimum absolute atomic E-state index is 0.133. The fourth-order valence-corrected chi connectivity index (χ4v) is 0.878. The van der Waals surface area contributed by atoms with E-state index < -0.39 is 0 Å². The number of hydrogen-bond acceptors (Lipinski definition) is 3. The molecule has 0 aliphatic rings. The molecule has 0 atom stereocenters. The first-order chi connectivity index (χ1) is 5.48. The van der Waals surface area contributed by atoms with Crippen molar-refractivity contribution in [1.29, 1.82) is 0 Å². The third-order valence-electron chi connectivity index (χ3n) is 1.78. The van der Waals surface area contributed by atoms with Crippen LogP contribution < -0.4 is 5.32 Å². The highest BCUT2D eigenvalue weighted by atomic mass is 16.3. The van der Waals surface area contributed by atoms with Crippen molar-refractivity contribution in [2.24, 2.45) is 0 Å². The van der Waals surface area contributed by atoms with Crippen LogP contribution in [0.3, 0.4) is 0 Å². The zero-order valence-electron chi connectivity index (χ0n) is 8.72. The summed E-state index contributed by atoms with van der Waals surface area (Å²) in [4.78, 5) is 2.16. The van der Waals surface area contributed by atoms with Gasteiger partial charge in [0.25, 0.3) is 0 Å². The predicted octanol–water partition coefficient (Wildman–Crippen LogP) is 0.299. The van der Waals surface area contributed by atoms with Crippen molar-refractivity contribution in [2.45, 2.75) is 25.8 Å². The first-order valence-electron chi connectivity index (χ1n) is 4.48. The molecule has 2 N–H and O–H groups in total. The number of nitrogens with one attached hydrogen (secondary N) is 1. The molecule has 0 fully saturated rings. The molecule has 0 aromatic rings. The maximum absolute atomic E-state index is 8.93. The molecule has 74 valence electrons. The summed E-state index contributed by atoms with van der Waals surface area (Å²) in [6.45, 7) is 6.25. The van der Waals surface area contributed by atoms with E-state index in [1.807, 2.05) is 13.8 Å². The number of rotatable bonds is 6. The standard InChI is InChI=1S/C9H22N2O/c1-9(2,8-12)10-6-5-7-11(3)4/h10,12H,5-8H2,1-4H3. The minimum atomic E-state index is -0.133. The second-order valence-corrected chi connectivity index (χ2v) is 4.13. The largest absolute Gasteiger partial charge is 0.394 e. The Morgan fingerprint density at radius 2 is 1.92 bits per heavy atom. The van der Waals surface area contributed by atoms with Gasteiger partial charge in [-0.05, 0) is 47.5 Å². The second kappa shape index (κ2) is 5.51. The van der Waals surface area contributed by atoms with Crippen LogP contribution in [0.15, 0.2) is 0 Å². The molecule has 0 aliphatic heterocycles. The number of nitrogens with zero attached hydrogens (tertiary/aromatic N) is 1. The first-order valence-corrected chi connectivity index (χ1v) is 4.48. The van der Waals surface area contributed by atoms with Crippen molar-refractivity contribution in [2.75, 3.05) is 33.8 Å². The van der Waals surface area contributed by atoms with Crippen LogP contribution in [0.1, 0.15) is 20.3 Å². The van der Waals surface area contributed by atoms with Crippen LogP contribution in [0, 0.1) is 0 Å². The topological polar surface area (TPSA) is 35.5 Å². The molecule has 0 unspecified atom stereocenters. The third kappa shape index (κ3) is 6.58. The van der Waals surface area contributed by atoms with Crippen molar-refractivity contribution in [3.8, 4) is 0 Å². The molecular weight excluding hydrogens is 152 g/mol. The van der Waals surface area contributed by atoms with E-state index in [1.165, 1.54) is 0 Å². The van der Waals surface area contributed by atoms with Gasteiger partial charge in [-0.15, -0.1) is 0 Å². The summed E-state index contributed by atoms with van der Waals surface area (Å²) in [7, 11) is 4.13. The fourth-order valence-electron chi connectivity index (χ4n) is 0.878. The monoisotopic (exact) mass is 174 g/mol. The highest BCUT2D eigenvalue weighted by Gasteiger charge is 2.13. The maximum atomic E-state index is 8.93. The summed E-state index contributed by atoms with van der Waals surface area (Å²) < 4.78 is 0. The van der Waals surface area contributed by atoms with Gasteiger partial charge in [0.1, 0.15) is 0 Å². The minimum Gasteiger partial charge on any atom is -0.394 e. The molecule has 0 amide bonds. The van der Waals surface area contributed by atoms with Crippen LogP contribution in [0.2, 0.25) is 0 Å². The first kappa shape index (κ1) is 11.9. The molecule has 0 aliphatic carbocycles. The molecule has 12 heavy (non-hydrogen) atoms. The molecule has 0 spiro atoms. The van der Waals surface area contributed by atoms with Gasteiger partial charge in [-0.2, -0.15) is 0 Å². The second-order valence-electron chi connectivity index (χ2n) is 4.13. The van der Waals surface area contributed by atoms with Gasteiger partial charge in [-0.1, -0.05) is 0 Å². The van der Waals surface area contributed by atoms with Gasteiger partial charge in [0.15, 0.2) is 0 Å². The average Bonchev–Trinajstić information content (AvgIpc) is 1.98. The van der Waals surface area contributed by atoms with Gasteiger partial charge in [0.05, 0.1) is 6.61 Å². The van der Waals surface area contributed by atoms with E-state index in [4.69, 9.17) is 5.11 Å². The van der Waals surface area contributed by atoms with Crippen LogP contribution in [-0.4, -0.2) is 49.3 Å². The lowest BCUT2D eigenvalue weighted by atomic mass is 10.1. The Balaban J connectivity index is 3.31. The normalized spacial score (nSPS) is 12.5. The van der Waals surface area contributed by atoms with Crippen LogP contribution in [-0.2, 0) is 0 Å². The molecule has 0 radical (unpaired) electrons.